The van der Waals surface area contributed by atoms with Gasteiger partial charge in [-0.3, -0.25) is 0 Å². The van der Waals surface area contributed by atoms with Crippen molar-refractivity contribution in [1.29, 1.82) is 0 Å². The van der Waals surface area contributed by atoms with E-state index < -0.39 is 0 Å². The molecule has 1 N–H and O–H groups in total. The molecule has 0 radical (unpaired) electrons. The van der Waals surface area contributed by atoms with Gasteiger partial charge in [0.1, 0.15) is 0 Å². The van der Waals surface area contributed by atoms with Crippen LogP contribution in [0.1, 0.15) is 30.7 Å². The fourth-order valence-corrected chi connectivity index (χ4v) is 3.30. The van der Waals surface area contributed by atoms with Gasteiger partial charge in [-0.25, -0.2) is 9.30 Å². The van der Waals surface area contributed by atoms with Crippen LogP contribution in [0.4, 0.5) is 0 Å². The maximum atomic E-state index is 12.4. The number of nitrogens with one attached hydrogen (secondary N) is 1. The number of imidazole rings is 1. The van der Waals surface area contributed by atoms with Gasteiger partial charge in [0.15, 0.2) is 11.0 Å². The lowest BCUT2D eigenvalue weighted by Gasteiger charge is -2.26. The monoisotopic (exact) mass is 302 g/mol. The number of piperidine rings is 1. The van der Waals surface area contributed by atoms with Gasteiger partial charge < -0.3 is 15.4 Å². The first kappa shape index (κ1) is 15.3. The van der Waals surface area contributed by atoms with Crippen molar-refractivity contribution in [3.05, 3.63) is 34.8 Å². The second-order valence-corrected chi connectivity index (χ2v) is 6.34. The molecule has 120 valence electrons. The standard InChI is InChI=1S/C17H26N4O/c1-14-6-7-15-16(12-14)21(22)17(19(15)2)13-18-8-11-20-9-4-3-5-10-20/h6-7,12,18H,3-5,8-11,13H2,1-2H3. The molecule has 22 heavy (non-hydrogen) atoms. The van der Waals surface area contributed by atoms with Gasteiger partial charge in [-0.15, -0.1) is 0 Å². The summed E-state index contributed by atoms with van der Waals surface area (Å²) in [4.78, 5) is 2.51. The molecule has 1 aromatic heterocycles. The third-order valence-electron chi connectivity index (χ3n) is 4.67. The molecule has 0 amide bonds. The van der Waals surface area contributed by atoms with Crippen molar-refractivity contribution in [3.8, 4) is 0 Å². The van der Waals surface area contributed by atoms with Gasteiger partial charge in [0.2, 0.25) is 0 Å². The van der Waals surface area contributed by atoms with E-state index in [9.17, 15) is 5.21 Å². The Bertz CT molecular complexity index is 644. The topological polar surface area (TPSA) is 47.1 Å². The summed E-state index contributed by atoms with van der Waals surface area (Å²) in [6.07, 6.45) is 4.02. The molecule has 1 aliphatic rings. The van der Waals surface area contributed by atoms with E-state index in [1.54, 1.807) is 0 Å². The summed E-state index contributed by atoms with van der Waals surface area (Å²) in [6, 6.07) is 6.03. The third-order valence-corrected chi connectivity index (χ3v) is 4.67. The van der Waals surface area contributed by atoms with Crippen molar-refractivity contribution in [1.82, 2.24) is 14.8 Å². The summed E-state index contributed by atoms with van der Waals surface area (Å²) in [6.45, 7) is 7.07. The Balaban J connectivity index is 1.61. The lowest BCUT2D eigenvalue weighted by Crippen LogP contribution is -2.38. The Labute approximate surface area is 132 Å². The smallest absolute Gasteiger partial charge is 0.274 e. The first-order valence-electron chi connectivity index (χ1n) is 8.27. The number of hydrogen-bond acceptors (Lipinski definition) is 3. The molecular weight excluding hydrogens is 276 g/mol. The van der Waals surface area contributed by atoms with Crippen LogP contribution >= 0.6 is 0 Å². The maximum Gasteiger partial charge on any atom is 0.274 e. The highest BCUT2D eigenvalue weighted by Crippen LogP contribution is 2.14. The first-order valence-corrected chi connectivity index (χ1v) is 8.27. The lowest BCUT2D eigenvalue weighted by molar-refractivity contribution is -0.587. The summed E-state index contributed by atoms with van der Waals surface area (Å²) in [7, 11) is 1.97. The quantitative estimate of drug-likeness (QED) is 0.519. The lowest BCUT2D eigenvalue weighted by atomic mass is 10.1. The number of aryl methyl sites for hydroxylation is 2. The van der Waals surface area contributed by atoms with Crippen LogP contribution in [0.3, 0.4) is 0 Å². The second kappa shape index (κ2) is 6.67. The molecule has 0 spiro atoms. The summed E-state index contributed by atoms with van der Waals surface area (Å²) in [5.74, 6) is 0.777. The van der Waals surface area contributed by atoms with Gasteiger partial charge >= 0.3 is 0 Å². The molecule has 0 atom stereocenters. The molecule has 0 unspecified atom stereocenters. The highest BCUT2D eigenvalue weighted by Gasteiger charge is 2.18. The number of nitrogens with zero attached hydrogens (tertiary/aromatic N) is 3. The number of rotatable bonds is 5. The maximum absolute atomic E-state index is 12.4. The molecule has 0 saturated carbocycles. The normalized spacial score (nSPS) is 16.5. The average Bonchev–Trinajstić information content (AvgIpc) is 2.76. The number of benzene rings is 1. The predicted octanol–water partition coefficient (Wildman–Crippen LogP) is 1.70. The Morgan fingerprint density at radius 1 is 1.23 bits per heavy atom. The van der Waals surface area contributed by atoms with E-state index in [-0.39, 0.29) is 0 Å². The zero-order valence-corrected chi connectivity index (χ0v) is 13.6. The van der Waals surface area contributed by atoms with Crippen LogP contribution in [0, 0.1) is 12.1 Å². The molecule has 1 fully saturated rings. The Morgan fingerprint density at radius 2 is 2.00 bits per heavy atom. The molecule has 1 aliphatic heterocycles. The molecule has 5 nitrogen and oxygen atoms in total. The fraction of sp³-hybridized carbons (Fsp3) is 0.588. The van der Waals surface area contributed by atoms with Crippen LogP contribution in [-0.4, -0.2) is 35.6 Å². The summed E-state index contributed by atoms with van der Waals surface area (Å²) in [5, 5.41) is 15.9. The van der Waals surface area contributed by atoms with Crippen molar-refractivity contribution in [2.45, 2.75) is 32.7 Å². The van der Waals surface area contributed by atoms with Crippen molar-refractivity contribution in [2.75, 3.05) is 26.2 Å². The van der Waals surface area contributed by atoms with E-state index in [4.69, 9.17) is 0 Å². The molecular formula is C17H26N4O. The van der Waals surface area contributed by atoms with E-state index in [0.29, 0.717) is 6.54 Å². The zero-order chi connectivity index (χ0) is 15.5. The van der Waals surface area contributed by atoms with E-state index in [2.05, 4.69) is 16.3 Å². The minimum absolute atomic E-state index is 0.613. The number of aromatic nitrogens is 2. The molecule has 1 aromatic carbocycles. The number of likely N-dealkylation sites (tertiary alicyclic amines) is 1. The predicted molar refractivity (Wildman–Crippen MR) is 88.6 cm³/mol. The van der Waals surface area contributed by atoms with Gasteiger partial charge in [0.05, 0.1) is 13.6 Å². The third kappa shape index (κ3) is 3.10. The van der Waals surface area contributed by atoms with Crippen molar-refractivity contribution >= 4 is 11.0 Å². The number of hydrogen-bond donors (Lipinski definition) is 1. The van der Waals surface area contributed by atoms with Gasteiger partial charge in [-0.2, -0.15) is 0 Å². The molecule has 3 rings (SSSR count). The minimum atomic E-state index is 0.613. The van der Waals surface area contributed by atoms with Crippen LogP contribution in [0.2, 0.25) is 0 Å². The largest absolute Gasteiger partial charge is 0.710 e. The molecule has 2 heterocycles. The van der Waals surface area contributed by atoms with E-state index in [1.165, 1.54) is 32.4 Å². The molecule has 0 aliphatic carbocycles. The average molecular weight is 302 g/mol. The van der Waals surface area contributed by atoms with Gasteiger partial charge in [0.25, 0.3) is 5.82 Å². The van der Waals surface area contributed by atoms with Crippen LogP contribution in [0.5, 0.6) is 0 Å². The van der Waals surface area contributed by atoms with E-state index in [1.807, 2.05) is 30.7 Å². The van der Waals surface area contributed by atoms with Gasteiger partial charge in [-0.1, -0.05) is 12.5 Å². The Hall–Kier alpha value is -1.59. The molecule has 2 aromatic rings. The van der Waals surface area contributed by atoms with Crippen LogP contribution < -0.4 is 10.0 Å². The highest BCUT2D eigenvalue weighted by molar-refractivity contribution is 5.73. The molecule has 0 bridgehead atoms. The minimum Gasteiger partial charge on any atom is -0.710 e. The second-order valence-electron chi connectivity index (χ2n) is 6.34. The first-order chi connectivity index (χ1) is 10.7. The number of fused-ring (bicyclic) bond motifs is 1. The van der Waals surface area contributed by atoms with Crippen molar-refractivity contribution in [3.63, 3.8) is 0 Å². The SMILES string of the molecule is Cc1ccc2c(c1)[n+]([O-])c(CNCCN1CCCCC1)n2C. The van der Waals surface area contributed by atoms with Gasteiger partial charge in [-0.05, 0) is 50.6 Å². The Morgan fingerprint density at radius 3 is 2.77 bits per heavy atom. The van der Waals surface area contributed by atoms with E-state index in [0.717, 1.165) is 40.2 Å². The van der Waals surface area contributed by atoms with E-state index >= 15 is 0 Å². The van der Waals surface area contributed by atoms with Crippen LogP contribution in [0.15, 0.2) is 18.2 Å². The molecule has 5 heteroatoms. The van der Waals surface area contributed by atoms with Crippen molar-refractivity contribution < 1.29 is 4.73 Å². The summed E-state index contributed by atoms with van der Waals surface area (Å²) >= 11 is 0. The molecule has 1 saturated heterocycles. The van der Waals surface area contributed by atoms with Crippen LogP contribution in [-0.2, 0) is 13.6 Å². The fourth-order valence-electron chi connectivity index (χ4n) is 3.30. The Kier molecular flexibility index (Phi) is 4.64. The highest BCUT2D eigenvalue weighted by atomic mass is 16.5. The summed E-state index contributed by atoms with van der Waals surface area (Å²) < 4.78 is 3.06. The van der Waals surface area contributed by atoms with Crippen molar-refractivity contribution in [2.24, 2.45) is 7.05 Å². The zero-order valence-electron chi connectivity index (χ0n) is 13.6. The van der Waals surface area contributed by atoms with Gasteiger partial charge in [0, 0.05) is 13.1 Å². The summed E-state index contributed by atoms with van der Waals surface area (Å²) in [5.41, 5.74) is 2.87. The van der Waals surface area contributed by atoms with Crippen LogP contribution in [0.25, 0.3) is 11.0 Å².